The highest BCUT2D eigenvalue weighted by Crippen LogP contribution is 2.27. The standard InChI is InChI=1S/C22H16Br2O/c1-15-6-5-9-19(22(15)24)21(25)13-12-17-10-11-18(14-20(17)23)16-7-3-2-4-8-16/h2-14H,1H3/b13-12+. The largest absolute Gasteiger partial charge is 0.289 e. The smallest absolute Gasteiger partial charge is 0.186 e. The van der Waals surface area contributed by atoms with Crippen LogP contribution in [0.2, 0.25) is 0 Å². The van der Waals surface area contributed by atoms with E-state index in [9.17, 15) is 4.79 Å². The molecule has 0 amide bonds. The first-order chi connectivity index (χ1) is 12.1. The SMILES string of the molecule is Cc1cccc(C(=O)/C=C/c2ccc(-c3ccccc3)cc2Br)c1Br. The molecule has 1 nitrogen and oxygen atoms in total. The summed E-state index contributed by atoms with van der Waals surface area (Å²) in [5.74, 6) is -0.0189. The third-order valence-corrected chi connectivity index (χ3v) is 5.72. The second kappa shape index (κ2) is 7.94. The van der Waals surface area contributed by atoms with Gasteiger partial charge in [0.05, 0.1) is 0 Å². The summed E-state index contributed by atoms with van der Waals surface area (Å²) >= 11 is 7.10. The molecule has 0 saturated carbocycles. The van der Waals surface area contributed by atoms with Gasteiger partial charge in [-0.25, -0.2) is 0 Å². The number of ketones is 1. The highest BCUT2D eigenvalue weighted by Gasteiger charge is 2.09. The lowest BCUT2D eigenvalue weighted by Crippen LogP contribution is -1.97. The van der Waals surface area contributed by atoms with Crippen molar-refractivity contribution in [2.24, 2.45) is 0 Å². The zero-order valence-electron chi connectivity index (χ0n) is 13.7. The molecule has 0 aliphatic rings. The zero-order chi connectivity index (χ0) is 17.8. The molecule has 0 aromatic heterocycles. The van der Waals surface area contributed by atoms with Gasteiger partial charge in [-0.2, -0.15) is 0 Å². The van der Waals surface area contributed by atoms with Crippen LogP contribution in [0.1, 0.15) is 21.5 Å². The summed E-state index contributed by atoms with van der Waals surface area (Å²) in [5, 5.41) is 0. The van der Waals surface area contributed by atoms with Gasteiger partial charge in [0, 0.05) is 14.5 Å². The van der Waals surface area contributed by atoms with Crippen molar-refractivity contribution < 1.29 is 4.79 Å². The van der Waals surface area contributed by atoms with Gasteiger partial charge >= 0.3 is 0 Å². The van der Waals surface area contributed by atoms with E-state index in [-0.39, 0.29) is 5.78 Å². The number of carbonyl (C=O) groups excluding carboxylic acids is 1. The molecular weight excluding hydrogens is 440 g/mol. The molecule has 3 heteroatoms. The van der Waals surface area contributed by atoms with Crippen molar-refractivity contribution in [3.05, 3.63) is 98.4 Å². The van der Waals surface area contributed by atoms with Gasteiger partial charge in [-0.05, 0) is 69.4 Å². The number of hydrogen-bond donors (Lipinski definition) is 0. The van der Waals surface area contributed by atoms with Crippen LogP contribution >= 0.6 is 31.9 Å². The molecule has 0 aliphatic heterocycles. The fraction of sp³-hybridized carbons (Fsp3) is 0.0455. The van der Waals surface area contributed by atoms with Crippen molar-refractivity contribution in [3.8, 4) is 11.1 Å². The molecule has 0 bridgehead atoms. The van der Waals surface area contributed by atoms with Crippen LogP contribution in [0.25, 0.3) is 17.2 Å². The van der Waals surface area contributed by atoms with Gasteiger partial charge in [-0.1, -0.05) is 70.5 Å². The summed E-state index contributed by atoms with van der Waals surface area (Å²) in [6, 6.07) is 22.1. The molecule has 0 atom stereocenters. The Morgan fingerprint density at radius 1 is 0.880 bits per heavy atom. The summed E-state index contributed by atoms with van der Waals surface area (Å²) < 4.78 is 1.81. The maximum Gasteiger partial charge on any atom is 0.186 e. The van der Waals surface area contributed by atoms with Crippen LogP contribution in [0, 0.1) is 6.92 Å². The Balaban J connectivity index is 1.84. The van der Waals surface area contributed by atoms with Gasteiger partial charge < -0.3 is 0 Å². The minimum Gasteiger partial charge on any atom is -0.289 e. The molecule has 0 fully saturated rings. The minimum absolute atomic E-state index is 0.0189. The van der Waals surface area contributed by atoms with Crippen LogP contribution in [0.3, 0.4) is 0 Å². The number of hydrogen-bond acceptors (Lipinski definition) is 1. The average molecular weight is 456 g/mol. The summed E-state index contributed by atoms with van der Waals surface area (Å²) in [6.07, 6.45) is 3.46. The lowest BCUT2D eigenvalue weighted by molar-refractivity contribution is 0.104. The molecule has 0 saturated heterocycles. The first-order valence-electron chi connectivity index (χ1n) is 7.89. The topological polar surface area (TPSA) is 17.1 Å². The normalized spacial score (nSPS) is 11.0. The van der Waals surface area contributed by atoms with Crippen molar-refractivity contribution in [2.75, 3.05) is 0 Å². The Hall–Kier alpha value is -1.97. The van der Waals surface area contributed by atoms with Crippen LogP contribution in [-0.4, -0.2) is 5.78 Å². The van der Waals surface area contributed by atoms with E-state index in [4.69, 9.17) is 0 Å². The monoisotopic (exact) mass is 454 g/mol. The third-order valence-electron chi connectivity index (χ3n) is 3.98. The fourth-order valence-corrected chi connectivity index (χ4v) is 3.54. The van der Waals surface area contributed by atoms with Gasteiger partial charge in [-0.3, -0.25) is 4.79 Å². The van der Waals surface area contributed by atoms with E-state index in [2.05, 4.69) is 56.1 Å². The quantitative estimate of drug-likeness (QED) is 0.303. The molecule has 3 rings (SSSR count). The predicted octanol–water partition coefficient (Wildman–Crippen LogP) is 7.08. The van der Waals surface area contributed by atoms with Gasteiger partial charge in [0.2, 0.25) is 0 Å². The molecule has 0 heterocycles. The van der Waals surface area contributed by atoms with Crippen LogP contribution in [0.4, 0.5) is 0 Å². The van der Waals surface area contributed by atoms with Gasteiger partial charge in [0.25, 0.3) is 0 Å². The Morgan fingerprint density at radius 3 is 2.36 bits per heavy atom. The lowest BCUT2D eigenvalue weighted by Gasteiger charge is -2.05. The lowest BCUT2D eigenvalue weighted by atomic mass is 10.0. The van der Waals surface area contributed by atoms with E-state index < -0.39 is 0 Å². The second-order valence-corrected chi connectivity index (χ2v) is 7.38. The van der Waals surface area contributed by atoms with Gasteiger partial charge in [0.15, 0.2) is 5.78 Å². The summed E-state index contributed by atoms with van der Waals surface area (Å²) in [7, 11) is 0. The fourth-order valence-electron chi connectivity index (χ4n) is 2.57. The van der Waals surface area contributed by atoms with Crippen LogP contribution < -0.4 is 0 Å². The second-order valence-electron chi connectivity index (χ2n) is 5.74. The van der Waals surface area contributed by atoms with Crippen LogP contribution in [0.5, 0.6) is 0 Å². The molecule has 0 unspecified atom stereocenters. The number of carbonyl (C=O) groups is 1. The molecule has 3 aromatic rings. The molecule has 3 aromatic carbocycles. The maximum absolute atomic E-state index is 12.5. The van der Waals surface area contributed by atoms with Crippen molar-refractivity contribution in [1.29, 1.82) is 0 Å². The number of halogens is 2. The van der Waals surface area contributed by atoms with E-state index in [1.54, 1.807) is 6.08 Å². The third kappa shape index (κ3) is 4.17. The highest BCUT2D eigenvalue weighted by molar-refractivity contribution is 9.10. The summed E-state index contributed by atoms with van der Waals surface area (Å²) in [6.45, 7) is 1.98. The van der Waals surface area contributed by atoms with Crippen LogP contribution in [0.15, 0.2) is 81.8 Å². The Morgan fingerprint density at radius 2 is 1.64 bits per heavy atom. The first-order valence-corrected chi connectivity index (χ1v) is 9.47. The maximum atomic E-state index is 12.5. The van der Waals surface area contributed by atoms with E-state index in [0.29, 0.717) is 5.56 Å². The number of aryl methyl sites for hydroxylation is 1. The Kier molecular flexibility index (Phi) is 5.67. The minimum atomic E-state index is -0.0189. The van der Waals surface area contributed by atoms with Crippen molar-refractivity contribution >= 4 is 43.7 Å². The first kappa shape index (κ1) is 17.8. The van der Waals surface area contributed by atoms with E-state index in [0.717, 1.165) is 25.6 Å². The molecular formula is C22H16Br2O. The molecule has 25 heavy (non-hydrogen) atoms. The summed E-state index contributed by atoms with van der Waals surface area (Å²) in [4.78, 5) is 12.5. The van der Waals surface area contributed by atoms with Gasteiger partial charge in [0.1, 0.15) is 0 Å². The molecule has 124 valence electrons. The van der Waals surface area contributed by atoms with E-state index in [1.165, 1.54) is 5.56 Å². The van der Waals surface area contributed by atoms with Crippen molar-refractivity contribution in [2.45, 2.75) is 6.92 Å². The zero-order valence-corrected chi connectivity index (χ0v) is 16.8. The molecule has 0 radical (unpaired) electrons. The Bertz CT molecular complexity index is 943. The summed E-state index contributed by atoms with van der Waals surface area (Å²) in [5.41, 5.74) is 4.99. The Labute approximate surface area is 164 Å². The number of rotatable bonds is 4. The van der Waals surface area contributed by atoms with Crippen molar-refractivity contribution in [1.82, 2.24) is 0 Å². The molecule has 0 N–H and O–H groups in total. The molecule has 0 aliphatic carbocycles. The van der Waals surface area contributed by atoms with Crippen molar-refractivity contribution in [3.63, 3.8) is 0 Å². The van der Waals surface area contributed by atoms with Gasteiger partial charge in [-0.15, -0.1) is 0 Å². The average Bonchev–Trinajstić information content (AvgIpc) is 2.63. The van der Waals surface area contributed by atoms with E-state index >= 15 is 0 Å². The number of benzene rings is 3. The van der Waals surface area contributed by atoms with Crippen LogP contribution in [-0.2, 0) is 0 Å². The predicted molar refractivity (Wildman–Crippen MR) is 112 cm³/mol. The molecule has 0 spiro atoms. The highest BCUT2D eigenvalue weighted by atomic mass is 79.9. The number of allylic oxidation sites excluding steroid dienone is 1. The van der Waals surface area contributed by atoms with E-state index in [1.807, 2.05) is 55.5 Å².